The third-order valence-corrected chi connectivity index (χ3v) is 8.75. The van der Waals surface area contributed by atoms with Gasteiger partial charge in [-0.25, -0.2) is 9.50 Å². The van der Waals surface area contributed by atoms with Gasteiger partial charge in [-0.05, 0) is 62.5 Å². The molecule has 174 valence electrons. The van der Waals surface area contributed by atoms with Gasteiger partial charge in [0.25, 0.3) is 0 Å². The fourth-order valence-corrected chi connectivity index (χ4v) is 5.77. The molecule has 2 aromatic rings. The summed E-state index contributed by atoms with van der Waals surface area (Å²) in [7, 11) is 1.65. The lowest BCUT2D eigenvalue weighted by Gasteiger charge is -2.53. The van der Waals surface area contributed by atoms with Crippen LogP contribution in [0.25, 0.3) is 10.5 Å². The summed E-state index contributed by atoms with van der Waals surface area (Å²) in [5.74, 6) is 1.01. The number of ketones is 1. The molecular weight excluding hydrogens is 422 g/mol. The maximum Gasteiger partial charge on any atom is 0.213 e. The van der Waals surface area contributed by atoms with Crippen LogP contribution in [0.15, 0.2) is 17.4 Å². The number of hydrogen-bond donors (Lipinski definition) is 1. The fourth-order valence-electron chi connectivity index (χ4n) is 4.83. The van der Waals surface area contributed by atoms with Crippen LogP contribution >= 0.6 is 11.3 Å². The number of aromatic nitrogens is 3. The van der Waals surface area contributed by atoms with Crippen LogP contribution in [0.1, 0.15) is 83.6 Å². The lowest BCUT2D eigenvalue weighted by Crippen LogP contribution is -2.47. The molecule has 0 amide bonds. The summed E-state index contributed by atoms with van der Waals surface area (Å²) in [5.41, 5.74) is 2.89. The number of nitrogens with zero attached hydrogens (tertiary/aromatic N) is 3. The van der Waals surface area contributed by atoms with E-state index in [1.54, 1.807) is 21.0 Å². The standard InChI is InChI=1S/C25H35N3O3S/c1-14-19(28-22(26-14)32-21(27-28)24(5,6)30)15-9-10-18(31-8)17(11-15)20(29)16-12-25(7,13-16)23(2,3)4/h11,16,30H,9-10,12-13H2,1-8H3. The monoisotopic (exact) mass is 457 g/mol. The molecule has 0 bridgehead atoms. The smallest absolute Gasteiger partial charge is 0.213 e. The van der Waals surface area contributed by atoms with Crippen molar-refractivity contribution in [2.24, 2.45) is 16.7 Å². The quantitative estimate of drug-likeness (QED) is 0.647. The molecule has 6 nitrogen and oxygen atoms in total. The lowest BCUT2D eigenvalue weighted by atomic mass is 9.51. The summed E-state index contributed by atoms with van der Waals surface area (Å²) in [6.07, 6.45) is 5.26. The molecule has 2 heterocycles. The van der Waals surface area contributed by atoms with Crippen molar-refractivity contribution in [2.45, 2.75) is 79.8 Å². The second kappa shape index (κ2) is 7.52. The van der Waals surface area contributed by atoms with Gasteiger partial charge in [0.2, 0.25) is 4.96 Å². The summed E-state index contributed by atoms with van der Waals surface area (Å²) < 4.78 is 7.46. The molecule has 0 atom stereocenters. The van der Waals surface area contributed by atoms with Gasteiger partial charge in [-0.15, -0.1) is 0 Å². The first-order valence-corrected chi connectivity index (χ1v) is 12.2. The van der Waals surface area contributed by atoms with E-state index in [1.165, 1.54) is 11.3 Å². The second-order valence-corrected chi connectivity index (χ2v) is 12.2. The van der Waals surface area contributed by atoms with Crippen molar-refractivity contribution in [3.8, 4) is 0 Å². The number of aryl methyl sites for hydroxylation is 1. The van der Waals surface area contributed by atoms with Crippen LogP contribution in [0.4, 0.5) is 0 Å². The number of fused-ring (bicyclic) bond motifs is 1. The first-order chi connectivity index (χ1) is 14.7. The number of methoxy groups -OCH3 is 1. The maximum absolute atomic E-state index is 13.5. The van der Waals surface area contributed by atoms with Gasteiger partial charge in [-0.3, -0.25) is 4.79 Å². The Bertz CT molecular complexity index is 1130. The Morgan fingerprint density at radius 2 is 1.91 bits per heavy atom. The lowest BCUT2D eigenvalue weighted by molar-refractivity contribution is -0.130. The van der Waals surface area contributed by atoms with Gasteiger partial charge >= 0.3 is 0 Å². The Hall–Kier alpha value is -1.99. The molecule has 32 heavy (non-hydrogen) atoms. The summed E-state index contributed by atoms with van der Waals surface area (Å²) >= 11 is 1.39. The van der Waals surface area contributed by atoms with E-state index in [0.29, 0.717) is 17.0 Å². The van der Waals surface area contributed by atoms with E-state index in [9.17, 15) is 9.90 Å². The zero-order chi connectivity index (χ0) is 23.6. The Morgan fingerprint density at radius 3 is 2.47 bits per heavy atom. The van der Waals surface area contributed by atoms with Crippen molar-refractivity contribution in [1.29, 1.82) is 0 Å². The molecule has 0 saturated heterocycles. The van der Waals surface area contributed by atoms with Crippen LogP contribution in [0, 0.1) is 23.7 Å². The van der Waals surface area contributed by atoms with Gasteiger partial charge in [-0.2, -0.15) is 5.10 Å². The average molecular weight is 458 g/mol. The van der Waals surface area contributed by atoms with E-state index in [-0.39, 0.29) is 22.5 Å². The van der Waals surface area contributed by atoms with Crippen LogP contribution < -0.4 is 0 Å². The molecule has 2 aromatic heterocycles. The molecule has 0 radical (unpaired) electrons. The predicted molar refractivity (Wildman–Crippen MR) is 127 cm³/mol. The van der Waals surface area contributed by atoms with Gasteiger partial charge < -0.3 is 9.84 Å². The number of imidazole rings is 1. The first kappa shape index (κ1) is 23.2. The highest BCUT2D eigenvalue weighted by Crippen LogP contribution is 2.57. The molecule has 0 unspecified atom stereocenters. The first-order valence-electron chi connectivity index (χ1n) is 11.4. The minimum atomic E-state index is -1.02. The zero-order valence-electron chi connectivity index (χ0n) is 20.5. The second-order valence-electron chi connectivity index (χ2n) is 11.2. The minimum absolute atomic E-state index is 0.0441. The molecule has 1 saturated carbocycles. The average Bonchev–Trinajstić information content (AvgIpc) is 3.20. The third kappa shape index (κ3) is 3.73. The van der Waals surface area contributed by atoms with E-state index in [2.05, 4.69) is 37.8 Å². The van der Waals surface area contributed by atoms with Crippen molar-refractivity contribution in [3.63, 3.8) is 0 Å². The normalized spacial score (nSPS) is 24.5. The number of hydrogen-bond acceptors (Lipinski definition) is 6. The van der Waals surface area contributed by atoms with Gasteiger partial charge in [-0.1, -0.05) is 39.0 Å². The molecule has 0 aromatic carbocycles. The topological polar surface area (TPSA) is 76.7 Å². The van der Waals surface area contributed by atoms with E-state index in [1.807, 2.05) is 17.5 Å². The fraction of sp³-hybridized carbons (Fsp3) is 0.640. The molecule has 2 aliphatic rings. The molecular formula is C25H35N3O3S. The Labute approximate surface area is 194 Å². The largest absolute Gasteiger partial charge is 0.500 e. The third-order valence-electron chi connectivity index (χ3n) is 7.53. The van der Waals surface area contributed by atoms with E-state index < -0.39 is 5.60 Å². The summed E-state index contributed by atoms with van der Waals surface area (Å²) in [5, 5.41) is 15.6. The molecule has 0 spiro atoms. The van der Waals surface area contributed by atoms with E-state index in [0.717, 1.165) is 46.9 Å². The highest BCUT2D eigenvalue weighted by molar-refractivity contribution is 7.16. The van der Waals surface area contributed by atoms with Gasteiger partial charge in [0.15, 0.2) is 5.78 Å². The van der Waals surface area contributed by atoms with Gasteiger partial charge in [0.05, 0.1) is 24.1 Å². The van der Waals surface area contributed by atoms with Crippen LogP contribution in [0.3, 0.4) is 0 Å². The molecule has 7 heteroatoms. The van der Waals surface area contributed by atoms with Crippen molar-refractivity contribution >= 4 is 27.7 Å². The summed E-state index contributed by atoms with van der Waals surface area (Å²) in [6, 6.07) is 0. The summed E-state index contributed by atoms with van der Waals surface area (Å²) in [6.45, 7) is 14.5. The van der Waals surface area contributed by atoms with Crippen molar-refractivity contribution < 1.29 is 14.6 Å². The number of rotatable bonds is 5. The summed E-state index contributed by atoms with van der Waals surface area (Å²) in [4.78, 5) is 18.9. The van der Waals surface area contributed by atoms with Crippen molar-refractivity contribution in [3.05, 3.63) is 33.8 Å². The molecule has 4 rings (SSSR count). The van der Waals surface area contributed by atoms with E-state index in [4.69, 9.17) is 4.74 Å². The van der Waals surface area contributed by atoms with Crippen LogP contribution in [0.5, 0.6) is 0 Å². The van der Waals surface area contributed by atoms with Crippen LogP contribution in [0.2, 0.25) is 0 Å². The van der Waals surface area contributed by atoms with Crippen molar-refractivity contribution in [1.82, 2.24) is 14.6 Å². The molecule has 2 aliphatic carbocycles. The number of ether oxygens (including phenoxy) is 1. The number of carbonyl (C=O) groups is 1. The molecule has 1 N–H and O–H groups in total. The number of aliphatic hydroxyl groups is 1. The van der Waals surface area contributed by atoms with Crippen LogP contribution in [-0.2, 0) is 15.1 Å². The predicted octanol–water partition coefficient (Wildman–Crippen LogP) is 5.44. The number of carbonyl (C=O) groups excluding carboxylic acids is 1. The molecule has 1 fully saturated rings. The number of allylic oxidation sites excluding steroid dienone is 4. The van der Waals surface area contributed by atoms with Gasteiger partial charge in [0.1, 0.15) is 16.4 Å². The maximum atomic E-state index is 13.5. The van der Waals surface area contributed by atoms with Crippen LogP contribution in [-0.4, -0.2) is 32.6 Å². The zero-order valence-corrected chi connectivity index (χ0v) is 21.3. The Balaban J connectivity index is 1.69. The van der Waals surface area contributed by atoms with E-state index >= 15 is 0 Å². The van der Waals surface area contributed by atoms with Gasteiger partial charge in [0, 0.05) is 12.3 Å². The highest BCUT2D eigenvalue weighted by Gasteiger charge is 2.51. The Morgan fingerprint density at radius 1 is 1.25 bits per heavy atom. The minimum Gasteiger partial charge on any atom is -0.500 e. The highest BCUT2D eigenvalue weighted by atomic mass is 32.1. The van der Waals surface area contributed by atoms with Crippen molar-refractivity contribution in [2.75, 3.05) is 7.11 Å². The number of Topliss-reactive ketones (excluding diaryl/α,β-unsaturated/α-hetero) is 1. The SMILES string of the molecule is COC1=C(C(=O)C2CC(C)(C(C)(C)C)C2)C=C(c2c(C)nc3sc(C(C)(C)O)nn23)CC1. The molecule has 0 aliphatic heterocycles. The Kier molecular flexibility index (Phi) is 5.45.